The molecule has 0 radical (unpaired) electrons. The molecule has 0 bridgehead atoms. The molecule has 0 amide bonds. The second-order valence-corrected chi connectivity index (χ2v) is 4.67. The van der Waals surface area contributed by atoms with Gasteiger partial charge in [-0.15, -0.1) is 0 Å². The summed E-state index contributed by atoms with van der Waals surface area (Å²) in [5.74, 6) is 0. The highest BCUT2D eigenvalue weighted by Gasteiger charge is 2.19. The van der Waals surface area contributed by atoms with Gasteiger partial charge in [-0.25, -0.2) is 0 Å². The Labute approximate surface area is 97.2 Å². The smallest absolute Gasteiger partial charge is 0.0891 e. The fourth-order valence-electron chi connectivity index (χ4n) is 1.45. The predicted molar refractivity (Wildman–Crippen MR) is 64.0 cm³/mol. The molecule has 0 aliphatic heterocycles. The Morgan fingerprint density at radius 2 is 2.25 bits per heavy atom. The van der Waals surface area contributed by atoms with E-state index in [2.05, 4.69) is 16.4 Å². The predicted octanol–water partition coefficient (Wildman–Crippen LogP) is 2.26. The topological polar surface area (TPSA) is 34.1 Å². The Morgan fingerprint density at radius 1 is 1.44 bits per heavy atom. The van der Waals surface area contributed by atoms with Crippen molar-refractivity contribution in [3.05, 3.63) is 29.6 Å². The number of rotatable bonds is 6. The van der Waals surface area contributed by atoms with Gasteiger partial charge in [0.25, 0.3) is 0 Å². The zero-order valence-electron chi connectivity index (χ0n) is 10.1. The molecular formula is C13H20N2O. The quantitative estimate of drug-likeness (QED) is 0.798. The minimum atomic E-state index is 0.262. The number of hydrogen-bond donors (Lipinski definition) is 1. The highest BCUT2D eigenvalue weighted by atomic mass is 16.5. The molecule has 2 rings (SSSR count). The van der Waals surface area contributed by atoms with Crippen LogP contribution in [0.4, 0.5) is 0 Å². The summed E-state index contributed by atoms with van der Waals surface area (Å²) in [6, 6.07) is 4.93. The monoisotopic (exact) mass is 220 g/mol. The maximum absolute atomic E-state index is 5.50. The van der Waals surface area contributed by atoms with Crippen molar-refractivity contribution >= 4 is 0 Å². The van der Waals surface area contributed by atoms with E-state index < -0.39 is 0 Å². The van der Waals surface area contributed by atoms with Gasteiger partial charge >= 0.3 is 0 Å². The molecule has 1 aromatic heterocycles. The number of nitrogens with one attached hydrogen (secondary N) is 1. The summed E-state index contributed by atoms with van der Waals surface area (Å²) in [5.41, 5.74) is 2.25. The van der Waals surface area contributed by atoms with Gasteiger partial charge < -0.3 is 10.1 Å². The molecule has 0 aromatic carbocycles. The average Bonchev–Trinajstić information content (AvgIpc) is 3.09. The van der Waals surface area contributed by atoms with Crippen molar-refractivity contribution in [2.45, 2.75) is 52.0 Å². The van der Waals surface area contributed by atoms with Crippen LogP contribution in [0.1, 0.15) is 37.9 Å². The van der Waals surface area contributed by atoms with Crippen molar-refractivity contribution in [2.24, 2.45) is 0 Å². The van der Waals surface area contributed by atoms with Gasteiger partial charge in [-0.3, -0.25) is 4.98 Å². The standard InChI is InChI=1S/C13H20N2O/c1-10(2)16-9-13-4-3-11(8-15-13)7-14-12-5-6-12/h3-4,8,10,12,14H,5-7,9H2,1-2H3. The second-order valence-electron chi connectivity index (χ2n) is 4.67. The molecular weight excluding hydrogens is 200 g/mol. The molecule has 1 aliphatic rings. The molecule has 1 heterocycles. The Hall–Kier alpha value is -0.930. The molecule has 1 saturated carbocycles. The van der Waals surface area contributed by atoms with Gasteiger partial charge in [0.1, 0.15) is 0 Å². The highest BCUT2D eigenvalue weighted by molar-refractivity contribution is 5.13. The Kier molecular flexibility index (Phi) is 3.91. The summed E-state index contributed by atoms with van der Waals surface area (Å²) in [5, 5.41) is 3.47. The molecule has 1 aromatic rings. The van der Waals surface area contributed by atoms with E-state index in [0.29, 0.717) is 6.61 Å². The minimum Gasteiger partial charge on any atom is -0.373 e. The van der Waals surface area contributed by atoms with E-state index in [-0.39, 0.29) is 6.10 Å². The lowest BCUT2D eigenvalue weighted by Gasteiger charge is -2.07. The summed E-state index contributed by atoms with van der Waals surface area (Å²) in [6.45, 7) is 5.61. The van der Waals surface area contributed by atoms with Crippen LogP contribution in [0.5, 0.6) is 0 Å². The average molecular weight is 220 g/mol. The summed E-state index contributed by atoms with van der Waals surface area (Å²) in [6.07, 6.45) is 4.86. The number of nitrogens with zero attached hydrogens (tertiary/aromatic N) is 1. The van der Waals surface area contributed by atoms with Gasteiger partial charge in [0.15, 0.2) is 0 Å². The van der Waals surface area contributed by atoms with Crippen LogP contribution in [0.25, 0.3) is 0 Å². The fraction of sp³-hybridized carbons (Fsp3) is 0.615. The van der Waals surface area contributed by atoms with Gasteiger partial charge in [0.2, 0.25) is 0 Å². The third kappa shape index (κ3) is 3.91. The highest BCUT2D eigenvalue weighted by Crippen LogP contribution is 2.19. The van der Waals surface area contributed by atoms with Crippen LogP contribution in [0.15, 0.2) is 18.3 Å². The largest absolute Gasteiger partial charge is 0.373 e. The minimum absolute atomic E-state index is 0.262. The molecule has 88 valence electrons. The molecule has 1 fully saturated rings. The van der Waals surface area contributed by atoms with E-state index in [9.17, 15) is 0 Å². The lowest BCUT2D eigenvalue weighted by Crippen LogP contribution is -2.15. The number of pyridine rings is 1. The maximum Gasteiger partial charge on any atom is 0.0891 e. The van der Waals surface area contributed by atoms with Crippen LogP contribution in [0.2, 0.25) is 0 Å². The Balaban J connectivity index is 1.78. The number of ether oxygens (including phenoxy) is 1. The molecule has 0 saturated heterocycles. The molecule has 3 heteroatoms. The van der Waals surface area contributed by atoms with Crippen molar-refractivity contribution in [1.82, 2.24) is 10.3 Å². The van der Waals surface area contributed by atoms with E-state index in [0.717, 1.165) is 18.3 Å². The SMILES string of the molecule is CC(C)OCc1ccc(CNC2CC2)cn1. The Bertz CT molecular complexity index is 292. The molecule has 1 N–H and O–H groups in total. The second kappa shape index (κ2) is 5.41. The lowest BCUT2D eigenvalue weighted by molar-refractivity contribution is 0.0636. The van der Waals surface area contributed by atoms with Crippen LogP contribution in [-0.4, -0.2) is 17.1 Å². The summed E-state index contributed by atoms with van der Waals surface area (Å²) < 4.78 is 5.50. The third-order valence-corrected chi connectivity index (χ3v) is 2.62. The molecule has 0 unspecified atom stereocenters. The fourth-order valence-corrected chi connectivity index (χ4v) is 1.45. The summed E-state index contributed by atoms with van der Waals surface area (Å²) >= 11 is 0. The van der Waals surface area contributed by atoms with Crippen molar-refractivity contribution in [1.29, 1.82) is 0 Å². The van der Waals surface area contributed by atoms with Gasteiger partial charge in [-0.2, -0.15) is 0 Å². The zero-order chi connectivity index (χ0) is 11.4. The summed E-state index contributed by atoms with van der Waals surface area (Å²) in [4.78, 5) is 4.38. The first-order valence-electron chi connectivity index (χ1n) is 6.03. The van der Waals surface area contributed by atoms with Crippen LogP contribution >= 0.6 is 0 Å². The molecule has 0 atom stereocenters. The normalized spacial score (nSPS) is 15.7. The number of hydrogen-bond acceptors (Lipinski definition) is 3. The van der Waals surface area contributed by atoms with E-state index in [1.165, 1.54) is 18.4 Å². The van der Waals surface area contributed by atoms with Crippen LogP contribution < -0.4 is 5.32 Å². The maximum atomic E-state index is 5.50. The van der Waals surface area contributed by atoms with Gasteiger partial charge in [0.05, 0.1) is 18.4 Å². The van der Waals surface area contributed by atoms with Crippen LogP contribution in [0, 0.1) is 0 Å². The molecule has 3 nitrogen and oxygen atoms in total. The van der Waals surface area contributed by atoms with Crippen molar-refractivity contribution < 1.29 is 4.74 Å². The van der Waals surface area contributed by atoms with Gasteiger partial charge in [-0.1, -0.05) is 6.07 Å². The Morgan fingerprint density at radius 3 is 2.81 bits per heavy atom. The van der Waals surface area contributed by atoms with Gasteiger partial charge in [0, 0.05) is 18.8 Å². The van der Waals surface area contributed by atoms with E-state index in [1.54, 1.807) is 0 Å². The van der Waals surface area contributed by atoms with Crippen molar-refractivity contribution in [3.63, 3.8) is 0 Å². The zero-order valence-corrected chi connectivity index (χ0v) is 10.1. The molecule has 16 heavy (non-hydrogen) atoms. The number of aromatic nitrogens is 1. The molecule has 1 aliphatic carbocycles. The first-order chi connectivity index (χ1) is 7.74. The van der Waals surface area contributed by atoms with E-state index >= 15 is 0 Å². The van der Waals surface area contributed by atoms with Crippen LogP contribution in [0.3, 0.4) is 0 Å². The van der Waals surface area contributed by atoms with Crippen LogP contribution in [-0.2, 0) is 17.9 Å². The van der Waals surface area contributed by atoms with Crippen molar-refractivity contribution in [2.75, 3.05) is 0 Å². The summed E-state index contributed by atoms with van der Waals surface area (Å²) in [7, 11) is 0. The molecule has 0 spiro atoms. The third-order valence-electron chi connectivity index (χ3n) is 2.62. The first-order valence-corrected chi connectivity index (χ1v) is 6.03. The first kappa shape index (κ1) is 11.6. The van der Waals surface area contributed by atoms with Crippen molar-refractivity contribution in [3.8, 4) is 0 Å². The van der Waals surface area contributed by atoms with E-state index in [4.69, 9.17) is 4.74 Å². The van der Waals surface area contributed by atoms with E-state index in [1.807, 2.05) is 26.1 Å². The lowest BCUT2D eigenvalue weighted by atomic mass is 10.2. The van der Waals surface area contributed by atoms with Gasteiger partial charge in [-0.05, 0) is 38.3 Å².